The highest BCUT2D eigenvalue weighted by Crippen LogP contribution is 2.39. The topological polar surface area (TPSA) is 29.5 Å². The molecule has 3 heteroatoms. The molecule has 0 aliphatic heterocycles. The summed E-state index contributed by atoms with van der Waals surface area (Å²) >= 11 is 3.54. The number of halogens is 1. The molecule has 0 aliphatic rings. The van der Waals surface area contributed by atoms with Crippen LogP contribution in [0.5, 0.6) is 5.75 Å². The Hall–Kier alpha value is -0.800. The molecule has 0 unspecified atom stereocenters. The van der Waals surface area contributed by atoms with Crippen LogP contribution in [0.4, 0.5) is 0 Å². The summed E-state index contributed by atoms with van der Waals surface area (Å²) in [6, 6.07) is 4.07. The van der Waals surface area contributed by atoms with Crippen LogP contribution in [0.15, 0.2) is 29.3 Å². The molecule has 2 nitrogen and oxygen atoms in total. The smallest absolute Gasteiger partial charge is 0.140 e. The summed E-state index contributed by atoms with van der Waals surface area (Å²) < 4.78 is 6.55. The van der Waals surface area contributed by atoms with Gasteiger partial charge in [-0.1, -0.05) is 33.4 Å². The molecule has 0 heterocycles. The fourth-order valence-electron chi connectivity index (χ4n) is 1.77. The van der Waals surface area contributed by atoms with Crippen molar-refractivity contribution in [3.8, 4) is 5.75 Å². The van der Waals surface area contributed by atoms with E-state index in [1.165, 1.54) is 0 Å². The second-order valence-electron chi connectivity index (χ2n) is 6.24. The van der Waals surface area contributed by atoms with Crippen molar-refractivity contribution in [3.05, 3.63) is 40.4 Å². The maximum absolute atomic E-state index is 10.4. The van der Waals surface area contributed by atoms with Gasteiger partial charge in [-0.25, -0.2) is 0 Å². The van der Waals surface area contributed by atoms with Crippen molar-refractivity contribution in [2.24, 2.45) is 0 Å². The van der Waals surface area contributed by atoms with Gasteiger partial charge in [-0.05, 0) is 52.9 Å². The van der Waals surface area contributed by atoms with E-state index >= 15 is 0 Å². The third kappa shape index (κ3) is 4.08. The third-order valence-electron chi connectivity index (χ3n) is 2.91. The molecule has 0 bridgehead atoms. The standard InChI is InChI=1S/C16H23BrO2/c1-7-8-19-14-12(16(5,6)18)9-11(10-13(14)17)15(2,3)4/h7,9-10,18H,1,8H2,2-6H3. The maximum atomic E-state index is 10.4. The molecule has 19 heavy (non-hydrogen) atoms. The monoisotopic (exact) mass is 326 g/mol. The minimum absolute atomic E-state index is 0.0134. The fraction of sp³-hybridized carbons (Fsp3) is 0.500. The highest BCUT2D eigenvalue weighted by molar-refractivity contribution is 9.10. The van der Waals surface area contributed by atoms with E-state index < -0.39 is 5.60 Å². The summed E-state index contributed by atoms with van der Waals surface area (Å²) in [5, 5.41) is 10.4. The zero-order valence-corrected chi connectivity index (χ0v) is 14.0. The molecule has 1 N–H and O–H groups in total. The molecule has 0 radical (unpaired) electrons. The Labute approximate surface area is 124 Å². The van der Waals surface area contributed by atoms with Crippen LogP contribution < -0.4 is 4.74 Å². The normalized spacial score (nSPS) is 12.4. The van der Waals surface area contributed by atoms with Crippen molar-refractivity contribution >= 4 is 15.9 Å². The van der Waals surface area contributed by atoms with Gasteiger partial charge in [-0.15, -0.1) is 0 Å². The van der Waals surface area contributed by atoms with E-state index in [9.17, 15) is 5.11 Å². The maximum Gasteiger partial charge on any atom is 0.140 e. The second-order valence-corrected chi connectivity index (χ2v) is 7.10. The molecule has 1 aromatic rings. The first-order valence-corrected chi connectivity index (χ1v) is 7.17. The van der Waals surface area contributed by atoms with Gasteiger partial charge in [0.05, 0.1) is 10.1 Å². The minimum atomic E-state index is -0.958. The lowest BCUT2D eigenvalue weighted by Crippen LogP contribution is -2.20. The van der Waals surface area contributed by atoms with Gasteiger partial charge in [-0.3, -0.25) is 0 Å². The van der Waals surface area contributed by atoms with Gasteiger partial charge in [0.25, 0.3) is 0 Å². The number of hydrogen-bond donors (Lipinski definition) is 1. The van der Waals surface area contributed by atoms with Crippen molar-refractivity contribution in [2.45, 2.75) is 45.6 Å². The Morgan fingerprint density at radius 1 is 1.26 bits per heavy atom. The zero-order chi connectivity index (χ0) is 14.8. The lowest BCUT2D eigenvalue weighted by Gasteiger charge is -2.27. The molecule has 0 spiro atoms. The number of rotatable bonds is 4. The van der Waals surface area contributed by atoms with E-state index in [4.69, 9.17) is 4.74 Å². The zero-order valence-electron chi connectivity index (χ0n) is 12.4. The second kappa shape index (κ2) is 5.68. The van der Waals surface area contributed by atoms with Gasteiger partial charge in [0.2, 0.25) is 0 Å². The highest BCUT2D eigenvalue weighted by atomic mass is 79.9. The summed E-state index contributed by atoms with van der Waals surface area (Å²) in [5.41, 5.74) is 0.996. The average Bonchev–Trinajstić information content (AvgIpc) is 2.23. The molecule has 0 atom stereocenters. The Morgan fingerprint density at radius 2 is 1.84 bits per heavy atom. The molecule has 1 rings (SSSR count). The summed E-state index contributed by atoms with van der Waals surface area (Å²) in [4.78, 5) is 0. The number of benzene rings is 1. The molecule has 0 aromatic heterocycles. The minimum Gasteiger partial charge on any atom is -0.488 e. The molecule has 0 fully saturated rings. The lowest BCUT2D eigenvalue weighted by atomic mass is 9.84. The van der Waals surface area contributed by atoms with Crippen LogP contribution in [0.3, 0.4) is 0 Å². The first-order valence-electron chi connectivity index (χ1n) is 6.38. The Morgan fingerprint density at radius 3 is 2.26 bits per heavy atom. The summed E-state index contributed by atoms with van der Waals surface area (Å²) in [6.07, 6.45) is 1.69. The van der Waals surface area contributed by atoms with Crippen molar-refractivity contribution in [3.63, 3.8) is 0 Å². The number of ether oxygens (including phenoxy) is 1. The average molecular weight is 327 g/mol. The largest absolute Gasteiger partial charge is 0.488 e. The molecular weight excluding hydrogens is 304 g/mol. The quantitative estimate of drug-likeness (QED) is 0.823. The molecule has 1 aromatic carbocycles. The van der Waals surface area contributed by atoms with Crippen molar-refractivity contribution in [1.29, 1.82) is 0 Å². The van der Waals surface area contributed by atoms with Crippen LogP contribution in [0.2, 0.25) is 0 Å². The van der Waals surface area contributed by atoms with E-state index in [1.54, 1.807) is 19.9 Å². The first-order chi connectivity index (χ1) is 8.57. The van der Waals surface area contributed by atoms with E-state index in [0.717, 1.165) is 15.6 Å². The lowest BCUT2D eigenvalue weighted by molar-refractivity contribution is 0.0749. The van der Waals surface area contributed by atoms with Gasteiger partial charge >= 0.3 is 0 Å². The van der Waals surface area contributed by atoms with Crippen molar-refractivity contribution in [2.75, 3.05) is 6.61 Å². The highest BCUT2D eigenvalue weighted by Gasteiger charge is 2.26. The summed E-state index contributed by atoms with van der Waals surface area (Å²) in [6.45, 7) is 14.0. The van der Waals surface area contributed by atoms with E-state index in [-0.39, 0.29) is 5.41 Å². The van der Waals surface area contributed by atoms with E-state index in [2.05, 4.69) is 43.3 Å². The molecule has 0 saturated heterocycles. The molecule has 0 amide bonds. The van der Waals surface area contributed by atoms with E-state index in [1.807, 2.05) is 12.1 Å². The molecule has 0 saturated carbocycles. The molecule has 106 valence electrons. The van der Waals surface area contributed by atoms with Gasteiger partial charge in [0.15, 0.2) is 0 Å². The van der Waals surface area contributed by atoms with Crippen LogP contribution in [0.25, 0.3) is 0 Å². The van der Waals surface area contributed by atoms with Crippen LogP contribution in [-0.2, 0) is 11.0 Å². The van der Waals surface area contributed by atoms with Gasteiger partial charge in [0, 0.05) is 5.56 Å². The predicted octanol–water partition coefficient (Wildman–Crippen LogP) is 4.54. The Balaban J connectivity index is 3.43. The Kier molecular flexibility index (Phi) is 4.86. The van der Waals surface area contributed by atoms with E-state index in [0.29, 0.717) is 12.4 Å². The molecule has 0 aliphatic carbocycles. The number of aliphatic hydroxyl groups is 1. The van der Waals surface area contributed by atoms with Crippen LogP contribution in [0, 0.1) is 0 Å². The fourth-order valence-corrected chi connectivity index (χ4v) is 2.34. The van der Waals surface area contributed by atoms with Crippen LogP contribution in [-0.4, -0.2) is 11.7 Å². The first kappa shape index (κ1) is 16.3. The van der Waals surface area contributed by atoms with Gasteiger partial charge < -0.3 is 9.84 Å². The Bertz CT molecular complexity index is 465. The van der Waals surface area contributed by atoms with Gasteiger partial charge in [0.1, 0.15) is 12.4 Å². The van der Waals surface area contributed by atoms with Crippen molar-refractivity contribution < 1.29 is 9.84 Å². The van der Waals surface area contributed by atoms with Crippen molar-refractivity contribution in [1.82, 2.24) is 0 Å². The summed E-state index contributed by atoms with van der Waals surface area (Å²) in [7, 11) is 0. The molecular formula is C16H23BrO2. The predicted molar refractivity (Wildman–Crippen MR) is 83.8 cm³/mol. The van der Waals surface area contributed by atoms with Crippen LogP contribution >= 0.6 is 15.9 Å². The van der Waals surface area contributed by atoms with Gasteiger partial charge in [-0.2, -0.15) is 0 Å². The third-order valence-corrected chi connectivity index (χ3v) is 3.50. The van der Waals surface area contributed by atoms with Crippen LogP contribution in [0.1, 0.15) is 45.7 Å². The SMILES string of the molecule is C=CCOc1c(Br)cc(C(C)(C)C)cc1C(C)(C)O. The summed E-state index contributed by atoms with van der Waals surface area (Å²) in [5.74, 6) is 0.681. The number of hydrogen-bond acceptors (Lipinski definition) is 2.